The molecule has 8 heteroatoms. The highest BCUT2D eigenvalue weighted by molar-refractivity contribution is 5.73. The molecule has 6 nitrogen and oxygen atoms in total. The van der Waals surface area contributed by atoms with E-state index in [0.717, 1.165) is 49.3 Å². The Labute approximate surface area is 211 Å². The third kappa shape index (κ3) is 6.21. The summed E-state index contributed by atoms with van der Waals surface area (Å²) in [6.07, 6.45) is 5.50. The second-order valence-electron chi connectivity index (χ2n) is 11.6. The van der Waals surface area contributed by atoms with Crippen LogP contribution in [-0.4, -0.2) is 40.3 Å². The average molecular weight is 502 g/mol. The monoisotopic (exact) mass is 501 g/mol. The van der Waals surface area contributed by atoms with Gasteiger partial charge in [-0.15, -0.1) is 0 Å². The van der Waals surface area contributed by atoms with Crippen LogP contribution in [0, 0.1) is 17.0 Å². The third-order valence-electron chi connectivity index (χ3n) is 7.10. The molecule has 1 spiro atoms. The molecule has 3 N–H and O–H groups in total. The van der Waals surface area contributed by atoms with Crippen LogP contribution in [0.1, 0.15) is 76.1 Å². The number of aliphatic hydroxyl groups is 1. The summed E-state index contributed by atoms with van der Waals surface area (Å²) in [6.45, 7) is 8.05. The maximum absolute atomic E-state index is 14.3. The van der Waals surface area contributed by atoms with Crippen molar-refractivity contribution in [3.63, 3.8) is 0 Å². The highest BCUT2D eigenvalue weighted by atomic mass is 19.2. The molecule has 0 bridgehead atoms. The van der Waals surface area contributed by atoms with E-state index >= 15 is 0 Å². The van der Waals surface area contributed by atoms with Gasteiger partial charge in [0.05, 0.1) is 12.1 Å². The van der Waals surface area contributed by atoms with Crippen molar-refractivity contribution in [2.45, 2.75) is 90.0 Å². The fourth-order valence-electron chi connectivity index (χ4n) is 5.24. The topological polar surface area (TPSA) is 83.5 Å². The molecule has 1 aliphatic heterocycles. The Kier molecular flexibility index (Phi) is 7.67. The van der Waals surface area contributed by atoms with Crippen LogP contribution in [0.4, 0.5) is 8.78 Å². The van der Waals surface area contributed by atoms with Gasteiger partial charge in [0.25, 0.3) is 0 Å². The van der Waals surface area contributed by atoms with Crippen molar-refractivity contribution in [3.05, 3.63) is 58.8 Å². The van der Waals surface area contributed by atoms with Crippen molar-refractivity contribution < 1.29 is 23.4 Å². The Morgan fingerprint density at radius 2 is 2.06 bits per heavy atom. The summed E-state index contributed by atoms with van der Waals surface area (Å²) in [5.74, 6) is -1.64. The number of carbonyl (C=O) groups excluding carboxylic acids is 1. The first-order chi connectivity index (χ1) is 16.9. The zero-order valence-corrected chi connectivity index (χ0v) is 21.5. The number of nitrogens with zero attached hydrogens (tertiary/aromatic N) is 1. The summed E-state index contributed by atoms with van der Waals surface area (Å²) in [5.41, 5.74) is 2.06. The standard InChI is InChI=1S/C28H37F2N3O3/c1-17(34)33-22(12-19-7-5-8-21(29)25(19)30)24(35)16-31-23-14-28(9-6-10-28)36-26-20(23)11-18(15-32-26)13-27(2,3)4/h5,7-8,11,15,22-24,31,35H,6,9-10,12-14,16H2,1-4H3,(H,33,34)/t22-,23-,24-/m0/s1. The van der Waals surface area contributed by atoms with E-state index in [4.69, 9.17) is 4.74 Å². The van der Waals surface area contributed by atoms with Gasteiger partial charge in [-0.05, 0) is 60.8 Å². The molecule has 1 aromatic carbocycles. The minimum absolute atomic E-state index is 0.0302. The second kappa shape index (κ2) is 10.4. The van der Waals surface area contributed by atoms with Gasteiger partial charge in [0.1, 0.15) is 5.60 Å². The molecule has 0 saturated heterocycles. The van der Waals surface area contributed by atoms with E-state index < -0.39 is 23.8 Å². The minimum atomic E-state index is -1.02. The Morgan fingerprint density at radius 1 is 1.31 bits per heavy atom. The lowest BCUT2D eigenvalue weighted by molar-refractivity contribution is -0.120. The van der Waals surface area contributed by atoms with Crippen LogP contribution in [0.2, 0.25) is 0 Å². The number of hydrogen-bond donors (Lipinski definition) is 3. The fourth-order valence-corrected chi connectivity index (χ4v) is 5.24. The Balaban J connectivity index is 1.52. The van der Waals surface area contributed by atoms with E-state index in [-0.39, 0.29) is 41.5 Å². The van der Waals surface area contributed by atoms with Crippen molar-refractivity contribution in [3.8, 4) is 5.88 Å². The molecule has 1 aromatic heterocycles. The highest BCUT2D eigenvalue weighted by Crippen LogP contribution is 2.48. The molecule has 2 heterocycles. The lowest BCUT2D eigenvalue weighted by Gasteiger charge is -2.47. The van der Waals surface area contributed by atoms with E-state index in [9.17, 15) is 18.7 Å². The number of benzene rings is 1. The van der Waals surface area contributed by atoms with Crippen LogP contribution in [0.3, 0.4) is 0 Å². The van der Waals surface area contributed by atoms with E-state index in [1.54, 1.807) is 0 Å². The van der Waals surface area contributed by atoms with Crippen molar-refractivity contribution in [2.75, 3.05) is 6.54 Å². The fraction of sp³-hybridized carbons (Fsp3) is 0.571. The quantitative estimate of drug-likeness (QED) is 0.500. The van der Waals surface area contributed by atoms with Gasteiger partial charge in [0.2, 0.25) is 11.8 Å². The number of pyridine rings is 1. The molecule has 2 aliphatic rings. The van der Waals surface area contributed by atoms with Gasteiger partial charge >= 0.3 is 0 Å². The molecule has 1 amide bonds. The van der Waals surface area contributed by atoms with E-state index in [1.165, 1.54) is 19.1 Å². The van der Waals surface area contributed by atoms with E-state index in [2.05, 4.69) is 42.5 Å². The molecule has 1 saturated carbocycles. The van der Waals surface area contributed by atoms with Gasteiger partial charge < -0.3 is 20.5 Å². The lowest BCUT2D eigenvalue weighted by Crippen LogP contribution is -2.52. The molecular weight excluding hydrogens is 464 g/mol. The maximum atomic E-state index is 14.3. The number of nitrogens with one attached hydrogen (secondary N) is 2. The second-order valence-corrected chi connectivity index (χ2v) is 11.6. The van der Waals surface area contributed by atoms with Gasteiger partial charge in [-0.25, -0.2) is 13.8 Å². The Bertz CT molecular complexity index is 1100. The zero-order valence-electron chi connectivity index (χ0n) is 21.5. The Hall–Kier alpha value is -2.58. The summed E-state index contributed by atoms with van der Waals surface area (Å²) in [5, 5.41) is 17.2. The smallest absolute Gasteiger partial charge is 0.218 e. The van der Waals surface area contributed by atoms with E-state index in [0.29, 0.717) is 5.88 Å². The number of carbonyl (C=O) groups is 1. The molecule has 3 atom stereocenters. The van der Waals surface area contributed by atoms with Crippen LogP contribution >= 0.6 is 0 Å². The van der Waals surface area contributed by atoms with Gasteiger partial charge in [0.15, 0.2) is 11.6 Å². The number of amides is 1. The first-order valence-corrected chi connectivity index (χ1v) is 12.7. The number of hydrogen-bond acceptors (Lipinski definition) is 5. The molecule has 1 aliphatic carbocycles. The maximum Gasteiger partial charge on any atom is 0.218 e. The van der Waals surface area contributed by atoms with Crippen molar-refractivity contribution in [1.29, 1.82) is 0 Å². The molecular formula is C28H37F2N3O3. The molecule has 0 unspecified atom stereocenters. The van der Waals surface area contributed by atoms with Crippen LogP contribution in [-0.2, 0) is 17.6 Å². The SMILES string of the molecule is CC(=O)N[C@@H](Cc1cccc(F)c1F)[C@@H](O)CN[C@H]1CC2(CCC2)Oc2ncc(CC(C)(C)C)cc21. The number of halogens is 2. The van der Waals surface area contributed by atoms with Crippen molar-refractivity contribution >= 4 is 5.91 Å². The summed E-state index contributed by atoms with van der Waals surface area (Å²) in [7, 11) is 0. The van der Waals surface area contributed by atoms with Gasteiger partial charge in [-0.3, -0.25) is 4.79 Å². The molecule has 1 fully saturated rings. The number of rotatable bonds is 8. The molecule has 4 rings (SSSR count). The van der Waals surface area contributed by atoms with Crippen molar-refractivity contribution in [2.24, 2.45) is 5.41 Å². The summed E-state index contributed by atoms with van der Waals surface area (Å²) >= 11 is 0. The highest BCUT2D eigenvalue weighted by Gasteiger charge is 2.46. The minimum Gasteiger partial charge on any atom is -0.471 e. The lowest BCUT2D eigenvalue weighted by atomic mass is 9.73. The van der Waals surface area contributed by atoms with Gasteiger partial charge in [-0.1, -0.05) is 32.9 Å². The van der Waals surface area contributed by atoms with Gasteiger partial charge in [0, 0.05) is 37.7 Å². The molecule has 196 valence electrons. The van der Waals surface area contributed by atoms with Crippen LogP contribution < -0.4 is 15.4 Å². The normalized spacial score (nSPS) is 20.1. The summed E-state index contributed by atoms with van der Waals surface area (Å²) in [4.78, 5) is 16.5. The molecule has 2 aromatic rings. The van der Waals surface area contributed by atoms with Gasteiger partial charge in [-0.2, -0.15) is 0 Å². The average Bonchev–Trinajstić information content (AvgIpc) is 2.77. The van der Waals surface area contributed by atoms with Crippen LogP contribution in [0.5, 0.6) is 5.88 Å². The largest absolute Gasteiger partial charge is 0.471 e. The van der Waals surface area contributed by atoms with Crippen LogP contribution in [0.25, 0.3) is 0 Å². The Morgan fingerprint density at radius 3 is 2.69 bits per heavy atom. The van der Waals surface area contributed by atoms with E-state index in [1.807, 2.05) is 6.20 Å². The molecule has 36 heavy (non-hydrogen) atoms. The summed E-state index contributed by atoms with van der Waals surface area (Å²) in [6, 6.07) is 5.20. The number of aliphatic hydroxyl groups excluding tert-OH is 1. The molecule has 0 radical (unpaired) electrons. The predicted molar refractivity (Wildman–Crippen MR) is 134 cm³/mol. The van der Waals surface area contributed by atoms with Crippen LogP contribution in [0.15, 0.2) is 30.5 Å². The summed E-state index contributed by atoms with van der Waals surface area (Å²) < 4.78 is 34.3. The number of aromatic nitrogens is 1. The number of fused-ring (bicyclic) bond motifs is 1. The zero-order chi connectivity index (χ0) is 26.1. The first-order valence-electron chi connectivity index (χ1n) is 12.7. The van der Waals surface area contributed by atoms with Crippen molar-refractivity contribution in [1.82, 2.24) is 15.6 Å². The predicted octanol–water partition coefficient (Wildman–Crippen LogP) is 4.39. The third-order valence-corrected chi connectivity index (χ3v) is 7.10. The number of ether oxygens (including phenoxy) is 1. The first kappa shape index (κ1) is 26.5.